The number of ether oxygens (including phenoxy) is 1. The van der Waals surface area contributed by atoms with Gasteiger partial charge in [-0.05, 0) is 24.6 Å². The fraction of sp³-hybridized carbons (Fsp3) is 0.222. The molecule has 0 heterocycles. The summed E-state index contributed by atoms with van der Waals surface area (Å²) in [5.74, 6) is 0.218. The molecule has 0 N–H and O–H groups in total. The summed E-state index contributed by atoms with van der Waals surface area (Å²) in [4.78, 5) is -0.0758. The van der Waals surface area contributed by atoms with Crippen LogP contribution in [0.5, 0.6) is 5.75 Å². The van der Waals surface area contributed by atoms with Crippen LogP contribution in [0.1, 0.15) is 5.56 Å². The summed E-state index contributed by atoms with van der Waals surface area (Å²) in [6.07, 6.45) is 0. The molecule has 1 rings (SSSR count). The van der Waals surface area contributed by atoms with Gasteiger partial charge in [-0.2, -0.15) is 8.42 Å². The van der Waals surface area contributed by atoms with Crippen LogP contribution in [0.2, 0.25) is 0 Å². The van der Waals surface area contributed by atoms with Crippen molar-refractivity contribution in [2.45, 2.75) is 11.8 Å². The molecule has 5 heteroatoms. The summed E-state index contributed by atoms with van der Waals surface area (Å²) >= 11 is 0. The van der Waals surface area contributed by atoms with Crippen molar-refractivity contribution < 1.29 is 17.3 Å². The molecule has 0 aliphatic rings. The molecule has 1 aromatic rings. The number of rotatable bonds is 3. The quantitative estimate of drug-likeness (QED) is 0.713. The van der Waals surface area contributed by atoms with Crippen molar-refractivity contribution >= 4 is 10.1 Å². The maximum atomic E-state index is 11.3. The average molecular weight is 214 g/mol. The minimum absolute atomic E-state index is 0.0758. The van der Waals surface area contributed by atoms with Gasteiger partial charge in [0.15, 0.2) is 0 Å². The lowest BCUT2D eigenvalue weighted by molar-refractivity contribution is 0.392. The second kappa shape index (κ2) is 3.98. The van der Waals surface area contributed by atoms with Gasteiger partial charge in [-0.15, -0.1) is 0 Å². The van der Waals surface area contributed by atoms with E-state index in [1.807, 2.05) is 6.92 Å². The average Bonchev–Trinajstić information content (AvgIpc) is 2.17. The fourth-order valence-electron chi connectivity index (χ4n) is 1.03. The van der Waals surface area contributed by atoms with E-state index in [1.54, 1.807) is 12.1 Å². The van der Waals surface area contributed by atoms with Gasteiger partial charge in [-0.3, -0.25) is 4.18 Å². The zero-order chi connectivity index (χ0) is 10.8. The Kier molecular flexibility index (Phi) is 3.13. The Bertz CT molecular complexity index is 422. The first-order chi connectivity index (χ1) is 6.51. The SMILES string of the molecule is [CH]OS(=O)(=O)c1ccc(C)cc1OC. The van der Waals surface area contributed by atoms with Crippen molar-refractivity contribution in [1.29, 1.82) is 0 Å². The summed E-state index contributed by atoms with van der Waals surface area (Å²) in [6, 6.07) is 4.61. The highest BCUT2D eigenvalue weighted by molar-refractivity contribution is 7.86. The number of aryl methyl sites for hydroxylation is 1. The molecule has 1 aromatic carbocycles. The number of benzene rings is 1. The summed E-state index contributed by atoms with van der Waals surface area (Å²) in [7, 11) is 2.13. The van der Waals surface area contributed by atoms with Crippen LogP contribution in [0.25, 0.3) is 0 Å². The molecule has 0 saturated heterocycles. The standard InChI is InChI=1S/C9H10O4S/c1-7-4-5-9(8(6-7)12-2)14(10,11)13-3/h3-6H,1-2H3. The predicted octanol–water partition coefficient (Wildman–Crippen LogP) is 1.38. The second-order valence-corrected chi connectivity index (χ2v) is 4.25. The van der Waals surface area contributed by atoms with E-state index >= 15 is 0 Å². The normalized spacial score (nSPS) is 11.4. The Morgan fingerprint density at radius 3 is 2.50 bits per heavy atom. The van der Waals surface area contributed by atoms with E-state index in [-0.39, 0.29) is 10.6 Å². The third-order valence-corrected chi connectivity index (χ3v) is 2.84. The number of methoxy groups -OCH3 is 1. The van der Waals surface area contributed by atoms with E-state index in [0.29, 0.717) is 0 Å². The molecule has 14 heavy (non-hydrogen) atoms. The van der Waals surface area contributed by atoms with Crippen LogP contribution < -0.4 is 4.74 Å². The summed E-state index contributed by atoms with van der Waals surface area (Å²) in [5.41, 5.74) is 0.887. The highest BCUT2D eigenvalue weighted by atomic mass is 32.2. The molecule has 0 aliphatic heterocycles. The van der Waals surface area contributed by atoms with E-state index < -0.39 is 10.1 Å². The summed E-state index contributed by atoms with van der Waals surface area (Å²) < 4.78 is 31.3. The summed E-state index contributed by atoms with van der Waals surface area (Å²) in [5, 5.41) is 0. The van der Waals surface area contributed by atoms with E-state index in [0.717, 1.165) is 5.56 Å². The molecule has 0 spiro atoms. The molecule has 0 bridgehead atoms. The van der Waals surface area contributed by atoms with E-state index in [2.05, 4.69) is 11.3 Å². The van der Waals surface area contributed by atoms with Crippen LogP contribution in [0, 0.1) is 14.0 Å². The van der Waals surface area contributed by atoms with Crippen molar-refractivity contribution in [3.8, 4) is 5.75 Å². The lowest BCUT2D eigenvalue weighted by Gasteiger charge is -2.07. The number of hydrogen-bond donors (Lipinski definition) is 0. The Hall–Kier alpha value is -1.07. The molecular weight excluding hydrogens is 204 g/mol. The first kappa shape index (κ1) is 11.0. The third kappa shape index (κ3) is 2.05. The summed E-state index contributed by atoms with van der Waals surface area (Å²) in [6.45, 7) is 1.82. The van der Waals surface area contributed by atoms with Crippen LogP contribution in [0.15, 0.2) is 23.1 Å². The Labute approximate surface area is 83.6 Å². The number of hydrogen-bond acceptors (Lipinski definition) is 4. The maximum Gasteiger partial charge on any atom is 0.301 e. The van der Waals surface area contributed by atoms with Crippen LogP contribution >= 0.6 is 0 Å². The first-order valence-corrected chi connectivity index (χ1v) is 5.20. The molecule has 0 saturated carbocycles. The third-order valence-electron chi connectivity index (χ3n) is 1.72. The smallest absolute Gasteiger partial charge is 0.301 e. The van der Waals surface area contributed by atoms with Crippen LogP contribution in [0.4, 0.5) is 0 Å². The van der Waals surface area contributed by atoms with Crippen molar-refractivity contribution in [2.75, 3.05) is 7.11 Å². The van der Waals surface area contributed by atoms with Crippen LogP contribution in [0.3, 0.4) is 0 Å². The highest BCUT2D eigenvalue weighted by Crippen LogP contribution is 2.25. The largest absolute Gasteiger partial charge is 0.495 e. The Morgan fingerprint density at radius 1 is 1.36 bits per heavy atom. The molecule has 0 aromatic heterocycles. The van der Waals surface area contributed by atoms with Gasteiger partial charge < -0.3 is 4.74 Å². The lowest BCUT2D eigenvalue weighted by Crippen LogP contribution is -2.04. The van der Waals surface area contributed by atoms with Gasteiger partial charge in [0.25, 0.3) is 0 Å². The molecule has 0 unspecified atom stereocenters. The van der Waals surface area contributed by atoms with E-state index in [1.165, 1.54) is 13.2 Å². The van der Waals surface area contributed by atoms with Gasteiger partial charge in [-0.1, -0.05) is 6.07 Å². The van der Waals surface area contributed by atoms with Crippen LogP contribution in [-0.2, 0) is 14.3 Å². The first-order valence-electron chi connectivity index (χ1n) is 3.79. The Balaban J connectivity index is 3.35. The monoisotopic (exact) mass is 214 g/mol. The minimum atomic E-state index is -3.90. The van der Waals surface area contributed by atoms with Crippen molar-refractivity contribution in [1.82, 2.24) is 0 Å². The van der Waals surface area contributed by atoms with Gasteiger partial charge >= 0.3 is 10.1 Å². The molecule has 2 radical (unpaired) electrons. The predicted molar refractivity (Wildman–Crippen MR) is 50.3 cm³/mol. The van der Waals surface area contributed by atoms with E-state index in [4.69, 9.17) is 4.74 Å². The molecule has 0 amide bonds. The lowest BCUT2D eigenvalue weighted by atomic mass is 10.2. The molecule has 0 atom stereocenters. The van der Waals surface area contributed by atoms with Crippen molar-refractivity contribution in [3.63, 3.8) is 0 Å². The topological polar surface area (TPSA) is 52.6 Å². The van der Waals surface area contributed by atoms with Crippen LogP contribution in [-0.4, -0.2) is 15.5 Å². The molecule has 0 aliphatic carbocycles. The molecule has 4 nitrogen and oxygen atoms in total. The zero-order valence-corrected chi connectivity index (χ0v) is 8.67. The maximum absolute atomic E-state index is 11.3. The molecule has 0 fully saturated rings. The zero-order valence-electron chi connectivity index (χ0n) is 7.85. The van der Waals surface area contributed by atoms with Gasteiger partial charge in [0.1, 0.15) is 17.8 Å². The van der Waals surface area contributed by atoms with Gasteiger partial charge in [-0.25, -0.2) is 0 Å². The van der Waals surface area contributed by atoms with Crippen molar-refractivity contribution in [2.24, 2.45) is 0 Å². The Morgan fingerprint density at radius 2 is 2.00 bits per heavy atom. The van der Waals surface area contributed by atoms with E-state index in [9.17, 15) is 8.42 Å². The van der Waals surface area contributed by atoms with Crippen molar-refractivity contribution in [3.05, 3.63) is 30.9 Å². The fourth-order valence-corrected chi connectivity index (χ4v) is 1.76. The van der Waals surface area contributed by atoms with Gasteiger partial charge in [0.2, 0.25) is 0 Å². The minimum Gasteiger partial charge on any atom is -0.495 e. The van der Waals surface area contributed by atoms with Gasteiger partial charge in [0.05, 0.1) is 7.11 Å². The second-order valence-electron chi connectivity index (χ2n) is 2.70. The molecule has 76 valence electrons. The van der Waals surface area contributed by atoms with Gasteiger partial charge in [0, 0.05) is 0 Å². The molecular formula is C9H10O4S. The highest BCUT2D eigenvalue weighted by Gasteiger charge is 2.18.